The van der Waals surface area contributed by atoms with E-state index in [-0.39, 0.29) is 0 Å². The lowest BCUT2D eigenvalue weighted by atomic mass is 10.2. The van der Waals surface area contributed by atoms with Gasteiger partial charge in [0.05, 0.1) is 5.69 Å². The van der Waals surface area contributed by atoms with Gasteiger partial charge in [0.15, 0.2) is 5.58 Å². The monoisotopic (exact) mass is 480 g/mol. The molecule has 0 saturated carbocycles. The normalized spacial score (nSPS) is 11.8. The molecule has 0 aliphatic carbocycles. The molecule has 0 atom stereocenters. The van der Waals surface area contributed by atoms with Gasteiger partial charge in [-0.3, -0.25) is 4.99 Å². The summed E-state index contributed by atoms with van der Waals surface area (Å²) in [5.74, 6) is 0.600. The van der Waals surface area contributed by atoms with Crippen molar-refractivity contribution in [3.63, 3.8) is 0 Å². The van der Waals surface area contributed by atoms with Crippen LogP contribution >= 0.6 is 31.9 Å². The van der Waals surface area contributed by atoms with Gasteiger partial charge in [0, 0.05) is 20.7 Å². The number of oxazole rings is 1. The van der Waals surface area contributed by atoms with Crippen LogP contribution in [0.1, 0.15) is 5.56 Å². The number of nitrogens with zero attached hydrogens (tertiary/aromatic N) is 2. The lowest BCUT2D eigenvalue weighted by molar-refractivity contribution is 0.620. The first-order valence-corrected chi connectivity index (χ1v) is 9.89. The molecule has 0 fully saturated rings. The summed E-state index contributed by atoms with van der Waals surface area (Å²) in [6.07, 6.45) is 5.71. The summed E-state index contributed by atoms with van der Waals surface area (Å²) in [4.78, 5) is 9.06. The van der Waals surface area contributed by atoms with Gasteiger partial charge in [-0.15, -0.1) is 0 Å². The Morgan fingerprint density at radius 3 is 2.56 bits per heavy atom. The lowest BCUT2D eigenvalue weighted by Gasteiger charge is -1.94. The quantitative estimate of drug-likeness (QED) is 0.284. The highest BCUT2D eigenvalue weighted by Gasteiger charge is 2.08. The van der Waals surface area contributed by atoms with Crippen molar-refractivity contribution in [1.29, 1.82) is 0 Å². The van der Waals surface area contributed by atoms with Crippen LogP contribution in [0.2, 0.25) is 0 Å². The summed E-state index contributed by atoms with van der Waals surface area (Å²) in [5.41, 5.74) is 4.42. The van der Waals surface area contributed by atoms with Crippen molar-refractivity contribution < 1.29 is 4.42 Å². The Labute approximate surface area is 173 Å². The average Bonchev–Trinajstić information content (AvgIpc) is 3.10. The van der Waals surface area contributed by atoms with E-state index in [4.69, 9.17) is 4.42 Å². The molecule has 0 spiro atoms. The molecule has 4 aromatic rings. The second-order valence-corrected chi connectivity index (χ2v) is 7.70. The van der Waals surface area contributed by atoms with E-state index in [1.54, 1.807) is 6.21 Å². The Kier molecular flexibility index (Phi) is 5.32. The van der Waals surface area contributed by atoms with E-state index < -0.39 is 0 Å². The maximum atomic E-state index is 5.86. The number of aliphatic imine (C=N–C) groups is 1. The zero-order valence-corrected chi connectivity index (χ0v) is 17.3. The van der Waals surface area contributed by atoms with Gasteiger partial charge in [-0.1, -0.05) is 56.1 Å². The molecule has 0 aliphatic heterocycles. The van der Waals surface area contributed by atoms with Crippen LogP contribution in [0.4, 0.5) is 5.69 Å². The molecule has 0 aliphatic rings. The standard InChI is InChI=1S/C22H14Br2N2O/c23-17-8-6-15(7-9-17)3-2-12-25-19-10-11-21-20(14-19)26-22(27-21)16-4-1-5-18(24)13-16/h1-14H/b3-2+,25-12?. The smallest absolute Gasteiger partial charge is 0.227 e. The summed E-state index contributed by atoms with van der Waals surface area (Å²) < 4.78 is 7.91. The molecule has 1 aromatic heterocycles. The average molecular weight is 482 g/mol. The van der Waals surface area contributed by atoms with Crippen LogP contribution in [0.3, 0.4) is 0 Å². The van der Waals surface area contributed by atoms with Gasteiger partial charge in [-0.2, -0.15) is 0 Å². The highest BCUT2D eigenvalue weighted by atomic mass is 79.9. The molecule has 132 valence electrons. The molecule has 0 bridgehead atoms. The second kappa shape index (κ2) is 8.03. The summed E-state index contributed by atoms with van der Waals surface area (Å²) in [6, 6.07) is 21.7. The van der Waals surface area contributed by atoms with Crippen molar-refractivity contribution in [1.82, 2.24) is 4.98 Å². The topological polar surface area (TPSA) is 38.4 Å². The second-order valence-electron chi connectivity index (χ2n) is 5.87. The Balaban J connectivity index is 1.53. The lowest BCUT2D eigenvalue weighted by Crippen LogP contribution is -1.76. The fourth-order valence-corrected chi connectivity index (χ4v) is 3.26. The molecule has 0 radical (unpaired) electrons. The molecule has 4 rings (SSSR count). The number of hydrogen-bond donors (Lipinski definition) is 0. The minimum atomic E-state index is 0.600. The third-order valence-electron chi connectivity index (χ3n) is 3.91. The van der Waals surface area contributed by atoms with E-state index in [0.29, 0.717) is 5.89 Å². The van der Waals surface area contributed by atoms with E-state index >= 15 is 0 Å². The Morgan fingerprint density at radius 2 is 1.74 bits per heavy atom. The SMILES string of the molecule is Brc1ccc(/C=C/C=Nc2ccc3oc(-c4cccc(Br)c4)nc3c2)cc1. The number of hydrogen-bond acceptors (Lipinski definition) is 3. The van der Waals surface area contributed by atoms with Crippen molar-refractivity contribution in [2.75, 3.05) is 0 Å². The van der Waals surface area contributed by atoms with Crippen LogP contribution in [0.5, 0.6) is 0 Å². The molecule has 3 aromatic carbocycles. The number of fused-ring (bicyclic) bond motifs is 1. The van der Waals surface area contributed by atoms with Crippen LogP contribution in [-0.2, 0) is 0 Å². The van der Waals surface area contributed by atoms with Crippen LogP contribution in [-0.4, -0.2) is 11.2 Å². The third kappa shape index (κ3) is 4.43. The summed E-state index contributed by atoms with van der Waals surface area (Å²) >= 11 is 6.90. The van der Waals surface area contributed by atoms with Crippen molar-refractivity contribution in [3.8, 4) is 11.5 Å². The summed E-state index contributed by atoms with van der Waals surface area (Å²) in [7, 11) is 0. The molecule has 5 heteroatoms. The zero-order valence-electron chi connectivity index (χ0n) is 14.1. The van der Waals surface area contributed by atoms with E-state index in [1.807, 2.05) is 78.9 Å². The Morgan fingerprint density at radius 1 is 0.889 bits per heavy atom. The van der Waals surface area contributed by atoms with Crippen molar-refractivity contribution >= 4 is 60.9 Å². The van der Waals surface area contributed by atoms with Gasteiger partial charge in [0.2, 0.25) is 5.89 Å². The van der Waals surface area contributed by atoms with Gasteiger partial charge < -0.3 is 4.42 Å². The minimum Gasteiger partial charge on any atom is -0.436 e. The van der Waals surface area contributed by atoms with Gasteiger partial charge in [-0.05, 0) is 60.2 Å². The number of benzene rings is 3. The third-order valence-corrected chi connectivity index (χ3v) is 4.93. The number of halogens is 2. The van der Waals surface area contributed by atoms with Crippen LogP contribution in [0.15, 0.2) is 91.2 Å². The zero-order chi connectivity index (χ0) is 18.6. The van der Waals surface area contributed by atoms with Gasteiger partial charge >= 0.3 is 0 Å². The predicted octanol–water partition coefficient (Wildman–Crippen LogP) is 7.44. The first-order chi connectivity index (χ1) is 13.2. The predicted molar refractivity (Wildman–Crippen MR) is 118 cm³/mol. The molecule has 0 unspecified atom stereocenters. The molecule has 1 heterocycles. The Hall–Kier alpha value is -2.50. The minimum absolute atomic E-state index is 0.600. The maximum Gasteiger partial charge on any atom is 0.227 e. The molecule has 3 nitrogen and oxygen atoms in total. The first-order valence-electron chi connectivity index (χ1n) is 8.30. The molecule has 27 heavy (non-hydrogen) atoms. The fraction of sp³-hybridized carbons (Fsp3) is 0. The highest BCUT2D eigenvalue weighted by molar-refractivity contribution is 9.10. The number of aromatic nitrogens is 1. The van der Waals surface area contributed by atoms with Gasteiger partial charge in [0.1, 0.15) is 5.52 Å². The van der Waals surface area contributed by atoms with E-state index in [1.165, 1.54) is 0 Å². The van der Waals surface area contributed by atoms with E-state index in [9.17, 15) is 0 Å². The largest absolute Gasteiger partial charge is 0.436 e. The van der Waals surface area contributed by atoms with Crippen LogP contribution in [0.25, 0.3) is 28.6 Å². The van der Waals surface area contributed by atoms with Gasteiger partial charge in [0.25, 0.3) is 0 Å². The summed E-state index contributed by atoms with van der Waals surface area (Å²) in [6.45, 7) is 0. The molecule has 0 amide bonds. The molecule has 0 saturated heterocycles. The van der Waals surface area contributed by atoms with E-state index in [0.717, 1.165) is 36.9 Å². The number of allylic oxidation sites excluding steroid dienone is 1. The van der Waals surface area contributed by atoms with E-state index in [2.05, 4.69) is 41.8 Å². The number of rotatable bonds is 4. The van der Waals surface area contributed by atoms with Crippen molar-refractivity contribution in [3.05, 3.63) is 87.3 Å². The van der Waals surface area contributed by atoms with Crippen LogP contribution < -0.4 is 0 Å². The summed E-state index contributed by atoms with van der Waals surface area (Å²) in [5, 5.41) is 0. The highest BCUT2D eigenvalue weighted by Crippen LogP contribution is 2.28. The maximum absolute atomic E-state index is 5.86. The fourth-order valence-electron chi connectivity index (χ4n) is 2.60. The van der Waals surface area contributed by atoms with Gasteiger partial charge in [-0.25, -0.2) is 4.98 Å². The van der Waals surface area contributed by atoms with Crippen molar-refractivity contribution in [2.45, 2.75) is 0 Å². The van der Waals surface area contributed by atoms with Crippen molar-refractivity contribution in [2.24, 2.45) is 4.99 Å². The molecule has 0 N–H and O–H groups in total. The Bertz CT molecular complexity index is 1140. The van der Waals surface area contributed by atoms with Crippen LogP contribution in [0, 0.1) is 0 Å². The first kappa shape index (κ1) is 17.9. The molecular formula is C22H14Br2N2O. The molecular weight excluding hydrogens is 468 g/mol.